The Labute approximate surface area is 173 Å². The Hall–Kier alpha value is -2.42. The van der Waals surface area contributed by atoms with Crippen LogP contribution in [0.25, 0.3) is 5.76 Å². The number of benzene rings is 2. The minimum Gasteiger partial charge on any atom is -0.508 e. The maximum atomic E-state index is 9.52. The maximum Gasteiger partial charge on any atom is 0.125 e. The Morgan fingerprint density at radius 1 is 0.897 bits per heavy atom. The van der Waals surface area contributed by atoms with Gasteiger partial charge in [-0.05, 0) is 90.7 Å². The second kappa shape index (κ2) is 7.44. The summed E-state index contributed by atoms with van der Waals surface area (Å²) in [7, 11) is 3.56. The lowest BCUT2D eigenvalue weighted by Gasteiger charge is -2.51. The van der Waals surface area contributed by atoms with Gasteiger partial charge in [0.1, 0.15) is 17.3 Å². The second-order valence-electron chi connectivity index (χ2n) is 9.16. The first kappa shape index (κ1) is 18.6. The van der Waals surface area contributed by atoms with Gasteiger partial charge in [0.15, 0.2) is 0 Å². The van der Waals surface area contributed by atoms with Crippen LogP contribution in [0.4, 0.5) is 0 Å². The molecule has 0 spiro atoms. The van der Waals surface area contributed by atoms with E-state index in [1.165, 1.54) is 32.1 Å². The topological polar surface area (TPSA) is 38.7 Å². The number of hydrogen-bond acceptors (Lipinski definition) is 3. The van der Waals surface area contributed by atoms with Crippen LogP contribution in [0.3, 0.4) is 0 Å². The molecule has 4 aliphatic carbocycles. The highest BCUT2D eigenvalue weighted by molar-refractivity contribution is 5.67. The van der Waals surface area contributed by atoms with Gasteiger partial charge in [0.05, 0.1) is 14.2 Å². The molecular formula is C26H30O3. The highest BCUT2D eigenvalue weighted by Crippen LogP contribution is 2.58. The van der Waals surface area contributed by atoms with Crippen molar-refractivity contribution >= 4 is 5.76 Å². The molecule has 3 heteroatoms. The molecule has 0 aromatic heterocycles. The van der Waals surface area contributed by atoms with Crippen molar-refractivity contribution in [2.24, 2.45) is 23.7 Å². The van der Waals surface area contributed by atoms with Gasteiger partial charge in [-0.15, -0.1) is 0 Å². The summed E-state index contributed by atoms with van der Waals surface area (Å²) in [5, 5.41) is 9.52. The molecule has 0 amide bonds. The second-order valence-corrected chi connectivity index (χ2v) is 9.16. The van der Waals surface area contributed by atoms with Crippen molar-refractivity contribution in [3.05, 3.63) is 64.7 Å². The molecule has 152 valence electrons. The summed E-state index contributed by atoms with van der Waals surface area (Å²) in [4.78, 5) is 0. The zero-order valence-corrected chi connectivity index (χ0v) is 17.4. The zero-order valence-electron chi connectivity index (χ0n) is 17.4. The van der Waals surface area contributed by atoms with Crippen LogP contribution >= 0.6 is 0 Å². The van der Waals surface area contributed by atoms with Crippen LogP contribution < -0.4 is 4.74 Å². The van der Waals surface area contributed by atoms with E-state index in [1.54, 1.807) is 24.8 Å². The largest absolute Gasteiger partial charge is 0.508 e. The molecule has 0 aliphatic heterocycles. The third kappa shape index (κ3) is 3.41. The smallest absolute Gasteiger partial charge is 0.125 e. The summed E-state index contributed by atoms with van der Waals surface area (Å²) >= 11 is 0. The molecule has 29 heavy (non-hydrogen) atoms. The first-order valence-corrected chi connectivity index (χ1v) is 10.9. The summed E-state index contributed by atoms with van der Waals surface area (Å²) in [5.74, 6) is 5.60. The van der Waals surface area contributed by atoms with Crippen LogP contribution in [0.2, 0.25) is 0 Å². The maximum absolute atomic E-state index is 9.52. The van der Waals surface area contributed by atoms with Crippen molar-refractivity contribution in [1.82, 2.24) is 0 Å². The molecule has 0 radical (unpaired) electrons. The van der Waals surface area contributed by atoms with E-state index in [4.69, 9.17) is 9.47 Å². The van der Waals surface area contributed by atoms with E-state index < -0.39 is 0 Å². The predicted molar refractivity (Wildman–Crippen MR) is 115 cm³/mol. The molecule has 0 atom stereocenters. The van der Waals surface area contributed by atoms with Crippen LogP contribution in [0.5, 0.6) is 11.5 Å². The molecule has 2 aromatic carbocycles. The van der Waals surface area contributed by atoms with E-state index in [-0.39, 0.29) is 0 Å². The Balaban J connectivity index is 1.48. The van der Waals surface area contributed by atoms with E-state index >= 15 is 0 Å². The van der Waals surface area contributed by atoms with Crippen molar-refractivity contribution in [2.75, 3.05) is 14.2 Å². The van der Waals surface area contributed by atoms with Crippen molar-refractivity contribution in [1.29, 1.82) is 0 Å². The van der Waals surface area contributed by atoms with Gasteiger partial charge in [-0.25, -0.2) is 0 Å². The van der Waals surface area contributed by atoms with Gasteiger partial charge in [0, 0.05) is 12.0 Å². The molecule has 4 fully saturated rings. The van der Waals surface area contributed by atoms with E-state index in [2.05, 4.69) is 18.2 Å². The molecule has 0 unspecified atom stereocenters. The molecule has 1 N–H and O–H groups in total. The normalized spacial score (nSPS) is 27.2. The number of allylic oxidation sites excluding steroid dienone is 1. The van der Waals surface area contributed by atoms with Crippen LogP contribution in [0.15, 0.2) is 48.0 Å². The Morgan fingerprint density at radius 3 is 2.14 bits per heavy atom. The quantitative estimate of drug-likeness (QED) is 0.655. The molecular weight excluding hydrogens is 360 g/mol. The third-order valence-corrected chi connectivity index (χ3v) is 7.36. The van der Waals surface area contributed by atoms with E-state index in [1.807, 2.05) is 19.2 Å². The van der Waals surface area contributed by atoms with E-state index in [9.17, 15) is 5.11 Å². The third-order valence-electron chi connectivity index (χ3n) is 7.36. The number of hydrogen-bond donors (Lipinski definition) is 1. The summed E-state index contributed by atoms with van der Waals surface area (Å²) in [6.07, 6.45) is 7.65. The SMILES string of the molecule is COC(=C1C2CC3CC(C2)CC1C3)c1ccc(Cc2ccc(O)cc2)c(OC)c1. The van der Waals surface area contributed by atoms with E-state index in [0.717, 1.165) is 46.5 Å². The minimum atomic E-state index is 0.295. The molecule has 4 saturated carbocycles. The van der Waals surface area contributed by atoms with Gasteiger partial charge in [0.2, 0.25) is 0 Å². The van der Waals surface area contributed by atoms with Crippen molar-refractivity contribution in [3.8, 4) is 11.5 Å². The number of ether oxygens (including phenoxy) is 2. The van der Waals surface area contributed by atoms with Crippen LogP contribution in [-0.2, 0) is 11.2 Å². The number of aromatic hydroxyl groups is 1. The molecule has 6 rings (SSSR count). The molecule has 0 heterocycles. The number of phenols is 1. The Kier molecular flexibility index (Phi) is 4.77. The molecule has 3 nitrogen and oxygen atoms in total. The fraction of sp³-hybridized carbons (Fsp3) is 0.462. The average Bonchev–Trinajstić information content (AvgIpc) is 2.72. The molecule has 0 saturated heterocycles. The highest BCUT2D eigenvalue weighted by atomic mass is 16.5. The summed E-state index contributed by atoms with van der Waals surface area (Å²) in [5.41, 5.74) is 5.02. The van der Waals surface area contributed by atoms with Crippen molar-refractivity contribution in [3.63, 3.8) is 0 Å². The van der Waals surface area contributed by atoms with E-state index in [0.29, 0.717) is 17.6 Å². The number of phenolic OH excluding ortho intramolecular Hbond substituents is 1. The first-order chi connectivity index (χ1) is 14.1. The zero-order chi connectivity index (χ0) is 20.0. The van der Waals surface area contributed by atoms with Gasteiger partial charge >= 0.3 is 0 Å². The van der Waals surface area contributed by atoms with Crippen LogP contribution in [0, 0.1) is 23.7 Å². The lowest BCUT2D eigenvalue weighted by Crippen LogP contribution is -2.40. The minimum absolute atomic E-state index is 0.295. The predicted octanol–water partition coefficient (Wildman–Crippen LogP) is 5.81. The van der Waals surface area contributed by atoms with Gasteiger partial charge in [-0.2, -0.15) is 0 Å². The highest BCUT2D eigenvalue weighted by Gasteiger charge is 2.46. The number of rotatable bonds is 5. The lowest BCUT2D eigenvalue weighted by atomic mass is 9.54. The fourth-order valence-electron chi connectivity index (χ4n) is 6.33. The molecule has 4 aliphatic rings. The fourth-order valence-corrected chi connectivity index (χ4v) is 6.33. The van der Waals surface area contributed by atoms with Gasteiger partial charge < -0.3 is 14.6 Å². The standard InChI is InChI=1S/C26H30O3/c1-28-24-15-20(6-5-19(24)10-16-3-7-23(27)8-4-16)26(29-2)25-21-11-17-9-18(13-21)14-22(25)12-17/h3-8,15,17-18,21-22,27H,9-14H2,1-2H3. The molecule has 2 aromatic rings. The van der Waals surface area contributed by atoms with Crippen molar-refractivity contribution < 1.29 is 14.6 Å². The van der Waals surface area contributed by atoms with Crippen LogP contribution in [0.1, 0.15) is 48.8 Å². The summed E-state index contributed by atoms with van der Waals surface area (Å²) in [6, 6.07) is 13.9. The Bertz CT molecular complexity index is 895. The van der Waals surface area contributed by atoms with Gasteiger partial charge in [-0.3, -0.25) is 0 Å². The first-order valence-electron chi connectivity index (χ1n) is 10.9. The van der Waals surface area contributed by atoms with Gasteiger partial charge in [0.25, 0.3) is 0 Å². The Morgan fingerprint density at radius 2 is 1.55 bits per heavy atom. The monoisotopic (exact) mass is 390 g/mol. The van der Waals surface area contributed by atoms with Crippen molar-refractivity contribution in [2.45, 2.75) is 38.5 Å². The lowest BCUT2D eigenvalue weighted by molar-refractivity contribution is 0.0675. The summed E-state index contributed by atoms with van der Waals surface area (Å²) < 4.78 is 11.8. The summed E-state index contributed by atoms with van der Waals surface area (Å²) in [6.45, 7) is 0. The average molecular weight is 391 g/mol. The van der Waals surface area contributed by atoms with Gasteiger partial charge in [-0.1, -0.05) is 24.3 Å². The van der Waals surface area contributed by atoms with Crippen LogP contribution in [-0.4, -0.2) is 19.3 Å². The molecule has 4 bridgehead atoms. The number of methoxy groups -OCH3 is 2.